The van der Waals surface area contributed by atoms with E-state index in [1.165, 1.54) is 24.8 Å². The van der Waals surface area contributed by atoms with Crippen LogP contribution in [0.25, 0.3) is 0 Å². The summed E-state index contributed by atoms with van der Waals surface area (Å²) in [5, 5.41) is 10.4. The minimum absolute atomic E-state index is 0.0890. The van der Waals surface area contributed by atoms with Crippen molar-refractivity contribution in [3.63, 3.8) is 0 Å². The van der Waals surface area contributed by atoms with Gasteiger partial charge in [0, 0.05) is 5.41 Å². The molecule has 114 valence electrons. The minimum atomic E-state index is -0.100. The van der Waals surface area contributed by atoms with E-state index < -0.39 is 0 Å². The molecule has 0 aromatic carbocycles. The number of allylic oxidation sites excluding steroid dienone is 4. The number of carbonyl (C=O) groups excluding carboxylic acids is 1. The Balaban J connectivity index is 1.70. The lowest BCUT2D eigenvalue weighted by molar-refractivity contribution is -0.111. The summed E-state index contributed by atoms with van der Waals surface area (Å²) in [5.74, 6) is 2.22. The molecular weight excluding hydrogens is 260 g/mol. The molecule has 6 atom stereocenters. The molecule has 1 N–H and O–H groups in total. The molecule has 0 radical (unpaired) electrons. The zero-order valence-electron chi connectivity index (χ0n) is 13.1. The Morgan fingerprint density at radius 1 is 1.14 bits per heavy atom. The highest BCUT2D eigenvalue weighted by Gasteiger charge is 2.58. The highest BCUT2D eigenvalue weighted by Crippen LogP contribution is 2.64. The molecule has 3 saturated carbocycles. The first-order valence-electron chi connectivity index (χ1n) is 8.57. The average molecular weight is 286 g/mol. The molecule has 3 fully saturated rings. The first kappa shape index (κ1) is 13.8. The Morgan fingerprint density at radius 3 is 2.76 bits per heavy atom. The number of hydrogen-bond acceptors (Lipinski definition) is 2. The van der Waals surface area contributed by atoms with Crippen LogP contribution in [0.2, 0.25) is 0 Å². The van der Waals surface area contributed by atoms with Gasteiger partial charge in [-0.3, -0.25) is 4.79 Å². The van der Waals surface area contributed by atoms with Crippen molar-refractivity contribution in [3.8, 4) is 0 Å². The summed E-state index contributed by atoms with van der Waals surface area (Å²) in [6.07, 6.45) is 12.6. The Bertz CT molecular complexity index is 546. The van der Waals surface area contributed by atoms with E-state index in [0.717, 1.165) is 25.2 Å². The quantitative estimate of drug-likeness (QED) is 0.738. The zero-order valence-corrected chi connectivity index (χ0v) is 13.1. The Labute approximate surface area is 127 Å². The highest BCUT2D eigenvalue weighted by atomic mass is 16.3. The predicted molar refractivity (Wildman–Crippen MR) is 82.6 cm³/mol. The lowest BCUT2D eigenvalue weighted by Crippen LogP contribution is -2.50. The lowest BCUT2D eigenvalue weighted by atomic mass is 9.48. The number of carbonyl (C=O) groups is 1. The number of fused-ring (bicyclic) bond motifs is 5. The fourth-order valence-electron chi connectivity index (χ4n) is 6.17. The van der Waals surface area contributed by atoms with Crippen LogP contribution >= 0.6 is 0 Å². The molecule has 4 aliphatic carbocycles. The molecule has 0 aliphatic heterocycles. The zero-order chi connectivity index (χ0) is 14.8. The molecular formula is C19H26O2. The smallest absolute Gasteiger partial charge is 0.178 e. The van der Waals surface area contributed by atoms with Crippen LogP contribution in [-0.4, -0.2) is 17.0 Å². The summed E-state index contributed by atoms with van der Waals surface area (Å²) in [7, 11) is 0. The van der Waals surface area contributed by atoms with Gasteiger partial charge in [-0.15, -0.1) is 0 Å². The van der Waals surface area contributed by atoms with Crippen molar-refractivity contribution in [1.82, 2.24) is 0 Å². The summed E-state index contributed by atoms with van der Waals surface area (Å²) in [5.41, 5.74) is 1.59. The number of hydrogen-bond donors (Lipinski definition) is 1. The maximum atomic E-state index is 11.7. The van der Waals surface area contributed by atoms with Crippen LogP contribution in [0.3, 0.4) is 0 Å². The van der Waals surface area contributed by atoms with Crippen molar-refractivity contribution in [1.29, 1.82) is 0 Å². The van der Waals surface area contributed by atoms with Crippen LogP contribution in [-0.2, 0) is 4.79 Å². The van der Waals surface area contributed by atoms with Gasteiger partial charge in [-0.2, -0.15) is 0 Å². The van der Waals surface area contributed by atoms with E-state index in [9.17, 15) is 9.90 Å². The molecule has 4 rings (SSSR count). The topological polar surface area (TPSA) is 37.3 Å². The summed E-state index contributed by atoms with van der Waals surface area (Å²) < 4.78 is 0. The molecule has 0 aromatic heterocycles. The van der Waals surface area contributed by atoms with E-state index in [2.05, 4.69) is 19.9 Å². The molecule has 21 heavy (non-hydrogen) atoms. The van der Waals surface area contributed by atoms with E-state index in [0.29, 0.717) is 11.8 Å². The lowest BCUT2D eigenvalue weighted by Gasteiger charge is -2.56. The highest BCUT2D eigenvalue weighted by molar-refractivity contribution is 6.01. The van der Waals surface area contributed by atoms with Gasteiger partial charge in [0.25, 0.3) is 0 Å². The number of aliphatic hydroxyl groups excluding tert-OH is 1. The number of aliphatic hydroxyl groups is 1. The average Bonchev–Trinajstić information content (AvgIpc) is 2.76. The van der Waals surface area contributed by atoms with Gasteiger partial charge < -0.3 is 5.11 Å². The summed E-state index contributed by atoms with van der Waals surface area (Å²) >= 11 is 0. The molecule has 0 spiro atoms. The Hall–Kier alpha value is -0.890. The standard InChI is InChI=1S/C19H26O2/c1-18-9-7-13(20)11-12(18)3-4-14-15-5-6-17(21)19(15,2)10-8-16(14)18/h7,9,11,14-17,21H,3-6,8,10H2,1-2H3/t14?,15?,16?,17?,18-,19-/m0/s1. The number of rotatable bonds is 0. The van der Waals surface area contributed by atoms with Gasteiger partial charge in [0.05, 0.1) is 6.10 Å². The van der Waals surface area contributed by atoms with Crippen LogP contribution < -0.4 is 0 Å². The van der Waals surface area contributed by atoms with Crippen LogP contribution in [0.1, 0.15) is 52.4 Å². The number of ketones is 1. The predicted octanol–water partition coefficient (Wildman–Crippen LogP) is 3.66. The molecule has 0 bridgehead atoms. The van der Waals surface area contributed by atoms with Gasteiger partial charge in [0.15, 0.2) is 5.78 Å². The summed E-state index contributed by atoms with van der Waals surface area (Å²) in [6.45, 7) is 4.66. The van der Waals surface area contributed by atoms with E-state index in [4.69, 9.17) is 0 Å². The largest absolute Gasteiger partial charge is 0.393 e. The second kappa shape index (κ2) is 4.32. The molecule has 0 aromatic rings. The second-order valence-corrected chi connectivity index (χ2v) is 8.24. The summed E-state index contributed by atoms with van der Waals surface area (Å²) in [6, 6.07) is 0. The van der Waals surface area contributed by atoms with Crippen LogP contribution in [0, 0.1) is 28.6 Å². The van der Waals surface area contributed by atoms with Gasteiger partial charge in [0.1, 0.15) is 0 Å². The molecule has 0 heterocycles. The monoisotopic (exact) mass is 286 g/mol. The second-order valence-electron chi connectivity index (χ2n) is 8.24. The van der Waals surface area contributed by atoms with Crippen LogP contribution in [0.5, 0.6) is 0 Å². The van der Waals surface area contributed by atoms with Crippen molar-refractivity contribution >= 4 is 5.78 Å². The molecule has 2 nitrogen and oxygen atoms in total. The van der Waals surface area contributed by atoms with Crippen molar-refractivity contribution in [2.45, 2.75) is 58.5 Å². The molecule has 2 heteroatoms. The fourth-order valence-corrected chi connectivity index (χ4v) is 6.17. The Morgan fingerprint density at radius 2 is 1.95 bits per heavy atom. The van der Waals surface area contributed by atoms with Crippen molar-refractivity contribution in [2.24, 2.45) is 28.6 Å². The van der Waals surface area contributed by atoms with Gasteiger partial charge in [0.2, 0.25) is 0 Å². The van der Waals surface area contributed by atoms with E-state index in [-0.39, 0.29) is 22.7 Å². The normalized spacial score (nSPS) is 52.0. The van der Waals surface area contributed by atoms with Gasteiger partial charge in [-0.05, 0) is 73.8 Å². The maximum absolute atomic E-state index is 11.7. The SMILES string of the molecule is C[C@]12CCC3C(CCC4=CC(=O)C=C[C@@]43C)C1CCC2O. The summed E-state index contributed by atoms with van der Waals surface area (Å²) in [4.78, 5) is 11.7. The Kier molecular flexibility index (Phi) is 2.83. The van der Waals surface area contributed by atoms with E-state index in [1.54, 1.807) is 6.08 Å². The molecule has 4 aliphatic rings. The fraction of sp³-hybridized carbons (Fsp3) is 0.737. The van der Waals surface area contributed by atoms with Gasteiger partial charge >= 0.3 is 0 Å². The third-order valence-corrected chi connectivity index (χ3v) is 7.51. The maximum Gasteiger partial charge on any atom is 0.178 e. The van der Waals surface area contributed by atoms with Crippen LogP contribution in [0.15, 0.2) is 23.8 Å². The van der Waals surface area contributed by atoms with Crippen molar-refractivity contribution < 1.29 is 9.90 Å². The van der Waals surface area contributed by atoms with E-state index in [1.807, 2.05) is 6.08 Å². The van der Waals surface area contributed by atoms with E-state index >= 15 is 0 Å². The third kappa shape index (κ3) is 1.72. The first-order chi connectivity index (χ1) is 9.95. The van der Waals surface area contributed by atoms with Gasteiger partial charge in [-0.1, -0.05) is 25.5 Å². The molecule has 0 saturated heterocycles. The third-order valence-electron chi connectivity index (χ3n) is 7.51. The van der Waals surface area contributed by atoms with Crippen LogP contribution in [0.4, 0.5) is 0 Å². The first-order valence-corrected chi connectivity index (χ1v) is 8.57. The van der Waals surface area contributed by atoms with Crippen molar-refractivity contribution in [2.75, 3.05) is 0 Å². The minimum Gasteiger partial charge on any atom is -0.393 e. The molecule has 0 amide bonds. The van der Waals surface area contributed by atoms with Crippen molar-refractivity contribution in [3.05, 3.63) is 23.8 Å². The van der Waals surface area contributed by atoms with Gasteiger partial charge in [-0.25, -0.2) is 0 Å². The molecule has 4 unspecified atom stereocenters.